The van der Waals surface area contributed by atoms with Crippen molar-refractivity contribution in [3.05, 3.63) is 0 Å². The molecule has 0 aromatic carbocycles. The number of likely N-dealkylation sites (tertiary alicyclic amines) is 2. The Morgan fingerprint density at radius 2 is 1.83 bits per heavy atom. The molecule has 0 aromatic heterocycles. The lowest BCUT2D eigenvalue weighted by molar-refractivity contribution is -0.136. The van der Waals surface area contributed by atoms with Gasteiger partial charge in [-0.25, -0.2) is 0 Å². The molecule has 0 aliphatic carbocycles. The van der Waals surface area contributed by atoms with Gasteiger partial charge >= 0.3 is 0 Å². The number of amides is 1. The standard InChI is InChI=1S/C18H34N2O2S/c1-4-5-15(2)18(21)20-12-6-16(7-13-20)14-19-10-8-17(9-11-19)22-23-3/h15-17H,4-14H2,1-3H3. The average Bonchev–Trinajstić information content (AvgIpc) is 2.57. The summed E-state index contributed by atoms with van der Waals surface area (Å²) in [6.45, 7) is 9.70. The normalized spacial score (nSPS) is 23.2. The third-order valence-electron chi connectivity index (χ3n) is 5.35. The van der Waals surface area contributed by atoms with E-state index in [1.807, 2.05) is 6.26 Å². The Kier molecular flexibility index (Phi) is 8.21. The van der Waals surface area contributed by atoms with Gasteiger partial charge in [-0.3, -0.25) is 4.79 Å². The minimum atomic E-state index is 0.201. The molecule has 0 bridgehead atoms. The lowest BCUT2D eigenvalue weighted by atomic mass is 9.93. The first-order valence-corrected chi connectivity index (χ1v) is 10.5. The van der Waals surface area contributed by atoms with E-state index in [0.29, 0.717) is 12.0 Å². The zero-order valence-electron chi connectivity index (χ0n) is 15.1. The van der Waals surface area contributed by atoms with Crippen LogP contribution in [-0.2, 0) is 8.98 Å². The second kappa shape index (κ2) is 9.90. The SMILES string of the molecule is CCCC(C)C(=O)N1CCC(CN2CCC(OSC)CC2)CC1. The number of hydrogen-bond donors (Lipinski definition) is 0. The molecule has 2 rings (SSSR count). The van der Waals surface area contributed by atoms with Crippen LogP contribution in [0.15, 0.2) is 0 Å². The lowest BCUT2D eigenvalue weighted by Crippen LogP contribution is -2.45. The third-order valence-corrected chi connectivity index (χ3v) is 5.82. The highest BCUT2D eigenvalue weighted by atomic mass is 32.2. The predicted molar refractivity (Wildman–Crippen MR) is 97.4 cm³/mol. The van der Waals surface area contributed by atoms with E-state index in [9.17, 15) is 4.79 Å². The number of hydrogen-bond acceptors (Lipinski definition) is 4. The first-order valence-electron chi connectivity index (χ1n) is 9.34. The van der Waals surface area contributed by atoms with Crippen LogP contribution in [0.25, 0.3) is 0 Å². The van der Waals surface area contributed by atoms with Crippen molar-refractivity contribution in [2.75, 3.05) is 39.0 Å². The second-order valence-corrected chi connectivity index (χ2v) is 7.75. The maximum Gasteiger partial charge on any atom is 0.225 e. The average molecular weight is 343 g/mol. The number of nitrogens with zero attached hydrogens (tertiary/aromatic N) is 2. The fraction of sp³-hybridized carbons (Fsp3) is 0.944. The predicted octanol–water partition coefficient (Wildman–Crippen LogP) is 3.42. The molecule has 0 saturated carbocycles. The molecule has 0 N–H and O–H groups in total. The summed E-state index contributed by atoms with van der Waals surface area (Å²) < 4.78 is 5.65. The minimum absolute atomic E-state index is 0.201. The zero-order valence-corrected chi connectivity index (χ0v) is 15.9. The second-order valence-electron chi connectivity index (χ2n) is 7.22. The molecule has 0 radical (unpaired) electrons. The summed E-state index contributed by atoms with van der Waals surface area (Å²) in [5, 5.41) is 0. The molecule has 2 aliphatic heterocycles. The van der Waals surface area contributed by atoms with E-state index in [1.165, 1.54) is 31.4 Å². The smallest absolute Gasteiger partial charge is 0.225 e. The Labute approximate surface area is 146 Å². The highest BCUT2D eigenvalue weighted by Gasteiger charge is 2.28. The van der Waals surface area contributed by atoms with Gasteiger partial charge in [0.25, 0.3) is 0 Å². The molecule has 2 saturated heterocycles. The monoisotopic (exact) mass is 342 g/mol. The van der Waals surface area contributed by atoms with Gasteiger partial charge in [-0.15, -0.1) is 0 Å². The van der Waals surface area contributed by atoms with Crippen molar-refractivity contribution in [2.24, 2.45) is 11.8 Å². The highest BCUT2D eigenvalue weighted by Crippen LogP contribution is 2.23. The van der Waals surface area contributed by atoms with Crippen LogP contribution < -0.4 is 0 Å². The highest BCUT2D eigenvalue weighted by molar-refractivity contribution is 7.93. The molecule has 2 heterocycles. The van der Waals surface area contributed by atoms with Gasteiger partial charge in [0.05, 0.1) is 6.10 Å². The van der Waals surface area contributed by atoms with Gasteiger partial charge in [-0.1, -0.05) is 20.3 Å². The fourth-order valence-corrected chi connectivity index (χ4v) is 4.36. The van der Waals surface area contributed by atoms with Crippen LogP contribution in [-0.4, -0.2) is 60.8 Å². The molecule has 0 spiro atoms. The number of piperidine rings is 2. The Hall–Kier alpha value is -0.260. The molecule has 1 amide bonds. The quantitative estimate of drug-likeness (QED) is 0.664. The summed E-state index contributed by atoms with van der Waals surface area (Å²) in [7, 11) is 0. The molecular weight excluding hydrogens is 308 g/mol. The Balaban J connectivity index is 1.66. The van der Waals surface area contributed by atoms with Gasteiger partial charge < -0.3 is 14.0 Å². The molecule has 0 aromatic rings. The summed E-state index contributed by atoms with van der Waals surface area (Å²) in [4.78, 5) is 17.1. The van der Waals surface area contributed by atoms with Crippen molar-refractivity contribution in [3.8, 4) is 0 Å². The molecule has 134 valence electrons. The summed E-state index contributed by atoms with van der Waals surface area (Å²) in [6, 6.07) is 0. The van der Waals surface area contributed by atoms with Crippen LogP contribution in [0.3, 0.4) is 0 Å². The van der Waals surface area contributed by atoms with Crippen molar-refractivity contribution in [2.45, 2.75) is 58.5 Å². The number of carbonyl (C=O) groups excluding carboxylic acids is 1. The first-order chi connectivity index (χ1) is 11.1. The Morgan fingerprint density at radius 3 is 2.39 bits per heavy atom. The lowest BCUT2D eigenvalue weighted by Gasteiger charge is -2.38. The van der Waals surface area contributed by atoms with Crippen LogP contribution in [0.4, 0.5) is 0 Å². The maximum absolute atomic E-state index is 12.4. The first kappa shape index (κ1) is 19.1. The maximum atomic E-state index is 12.4. The molecule has 4 nitrogen and oxygen atoms in total. The molecule has 1 atom stereocenters. The largest absolute Gasteiger partial charge is 0.342 e. The van der Waals surface area contributed by atoms with Gasteiger partial charge in [-0.05, 0) is 50.1 Å². The van der Waals surface area contributed by atoms with Crippen molar-refractivity contribution < 1.29 is 8.98 Å². The summed E-state index contributed by atoms with van der Waals surface area (Å²) in [5.74, 6) is 1.34. The van der Waals surface area contributed by atoms with Crippen LogP contribution in [0.5, 0.6) is 0 Å². The fourth-order valence-electron chi connectivity index (χ4n) is 3.89. The van der Waals surface area contributed by atoms with Crippen molar-refractivity contribution in [3.63, 3.8) is 0 Å². The van der Waals surface area contributed by atoms with Crippen LogP contribution in [0, 0.1) is 11.8 Å². The molecule has 23 heavy (non-hydrogen) atoms. The molecule has 2 aliphatic rings. The summed E-state index contributed by atoms with van der Waals surface area (Å²) in [5.41, 5.74) is 0. The van der Waals surface area contributed by atoms with E-state index < -0.39 is 0 Å². The molecule has 5 heteroatoms. The van der Waals surface area contributed by atoms with Gasteiger partial charge in [0.1, 0.15) is 0 Å². The Bertz CT molecular complexity index is 351. The van der Waals surface area contributed by atoms with Crippen molar-refractivity contribution in [1.29, 1.82) is 0 Å². The van der Waals surface area contributed by atoms with Crippen LogP contribution in [0.1, 0.15) is 52.4 Å². The van der Waals surface area contributed by atoms with Gasteiger partial charge in [0.2, 0.25) is 5.91 Å². The molecular formula is C18H34N2O2S. The number of rotatable bonds is 7. The van der Waals surface area contributed by atoms with E-state index in [1.54, 1.807) is 0 Å². The van der Waals surface area contributed by atoms with E-state index in [0.717, 1.165) is 57.8 Å². The summed E-state index contributed by atoms with van der Waals surface area (Å²) >= 11 is 1.50. The molecule has 1 unspecified atom stereocenters. The van der Waals surface area contributed by atoms with E-state index in [2.05, 4.69) is 23.6 Å². The summed E-state index contributed by atoms with van der Waals surface area (Å²) in [6.07, 6.45) is 9.23. The van der Waals surface area contributed by atoms with Gasteiger partial charge in [0, 0.05) is 44.9 Å². The van der Waals surface area contributed by atoms with E-state index in [-0.39, 0.29) is 5.92 Å². The Morgan fingerprint density at radius 1 is 1.17 bits per heavy atom. The zero-order chi connectivity index (χ0) is 16.7. The number of carbonyl (C=O) groups is 1. The topological polar surface area (TPSA) is 32.8 Å². The van der Waals surface area contributed by atoms with Gasteiger partial charge in [-0.2, -0.15) is 0 Å². The van der Waals surface area contributed by atoms with Gasteiger partial charge in [0.15, 0.2) is 0 Å². The van der Waals surface area contributed by atoms with E-state index >= 15 is 0 Å². The van der Waals surface area contributed by atoms with Crippen molar-refractivity contribution >= 4 is 17.9 Å². The van der Waals surface area contributed by atoms with Crippen LogP contribution in [0.2, 0.25) is 0 Å². The van der Waals surface area contributed by atoms with Crippen molar-refractivity contribution in [1.82, 2.24) is 9.80 Å². The molecule has 2 fully saturated rings. The third kappa shape index (κ3) is 5.95. The van der Waals surface area contributed by atoms with Crippen LogP contribution >= 0.6 is 12.0 Å². The van der Waals surface area contributed by atoms with E-state index in [4.69, 9.17) is 4.18 Å². The minimum Gasteiger partial charge on any atom is -0.342 e.